The molecule has 29 heavy (non-hydrogen) atoms. The largest absolute Gasteiger partial charge is 0.466 e. The maximum atomic E-state index is 11.6. The van der Waals surface area contributed by atoms with Crippen molar-refractivity contribution in [2.75, 3.05) is 12.4 Å². The summed E-state index contributed by atoms with van der Waals surface area (Å²) < 4.78 is 7.10. The van der Waals surface area contributed by atoms with Crippen LogP contribution in [-0.4, -0.2) is 38.1 Å². The van der Waals surface area contributed by atoms with Crippen molar-refractivity contribution in [2.45, 2.75) is 44.7 Å². The van der Waals surface area contributed by atoms with Crippen molar-refractivity contribution in [3.8, 4) is 17.1 Å². The van der Waals surface area contributed by atoms with Crippen LogP contribution in [-0.2, 0) is 9.53 Å². The smallest absolute Gasteiger partial charge is 0.305 e. The van der Waals surface area contributed by atoms with E-state index < -0.39 is 0 Å². The molecule has 0 saturated heterocycles. The van der Waals surface area contributed by atoms with Crippen molar-refractivity contribution in [3.63, 3.8) is 0 Å². The molecule has 0 saturated carbocycles. The fourth-order valence-electron chi connectivity index (χ4n) is 3.06. The molecule has 2 heterocycles. The lowest BCUT2D eigenvalue weighted by atomic mass is 10.0. The van der Waals surface area contributed by atoms with Crippen molar-refractivity contribution in [1.29, 1.82) is 0 Å². The third-order valence-electron chi connectivity index (χ3n) is 4.41. The molecule has 0 spiro atoms. The zero-order valence-electron chi connectivity index (χ0n) is 17.0. The van der Waals surface area contributed by atoms with Gasteiger partial charge >= 0.3 is 5.97 Å². The highest BCUT2D eigenvalue weighted by Crippen LogP contribution is 2.32. The third-order valence-corrected chi connectivity index (χ3v) is 5.43. The lowest BCUT2D eigenvalue weighted by Gasteiger charge is -2.16. The van der Waals surface area contributed by atoms with Crippen molar-refractivity contribution in [2.24, 2.45) is 0 Å². The van der Waals surface area contributed by atoms with Gasteiger partial charge in [0, 0.05) is 30.1 Å². The number of ether oxygens (including phenoxy) is 1. The highest BCUT2D eigenvalue weighted by molar-refractivity contribution is 7.99. The standard InChI is InChI=1S/C22H26N4O2S/c1-4-28-20(27)12-8-14-29-22-25-24-21(17-9-7-13-23-15-17)26(22)19-11-6-5-10-18(19)16(2)3/h5-7,9-11,13,15-16H,4,8,12,14H2,1-3H3. The quantitative estimate of drug-likeness (QED) is 0.284. The third kappa shape index (κ3) is 5.23. The first kappa shape index (κ1) is 21.0. The zero-order chi connectivity index (χ0) is 20.6. The predicted molar refractivity (Wildman–Crippen MR) is 115 cm³/mol. The van der Waals surface area contributed by atoms with Crippen LogP contribution in [0.1, 0.15) is 45.1 Å². The summed E-state index contributed by atoms with van der Waals surface area (Å²) in [6.45, 7) is 6.60. The Labute approximate surface area is 175 Å². The molecule has 152 valence electrons. The molecule has 0 aliphatic rings. The van der Waals surface area contributed by atoms with Gasteiger partial charge in [-0.3, -0.25) is 14.3 Å². The van der Waals surface area contributed by atoms with E-state index in [0.29, 0.717) is 18.9 Å². The van der Waals surface area contributed by atoms with E-state index in [1.165, 1.54) is 5.56 Å². The minimum atomic E-state index is -0.157. The molecular formula is C22H26N4O2S. The van der Waals surface area contributed by atoms with E-state index >= 15 is 0 Å². The van der Waals surface area contributed by atoms with Crippen molar-refractivity contribution in [3.05, 3.63) is 54.4 Å². The van der Waals surface area contributed by atoms with Crippen LogP contribution in [0.3, 0.4) is 0 Å². The van der Waals surface area contributed by atoms with Gasteiger partial charge in [-0.05, 0) is 43.0 Å². The first-order chi connectivity index (χ1) is 14.1. The van der Waals surface area contributed by atoms with Gasteiger partial charge in [0.15, 0.2) is 11.0 Å². The molecule has 0 bridgehead atoms. The normalized spacial score (nSPS) is 11.0. The Bertz CT molecular complexity index is 941. The van der Waals surface area contributed by atoms with E-state index in [-0.39, 0.29) is 5.97 Å². The molecule has 0 amide bonds. The summed E-state index contributed by atoms with van der Waals surface area (Å²) >= 11 is 1.60. The minimum Gasteiger partial charge on any atom is -0.466 e. The molecular weight excluding hydrogens is 384 g/mol. The van der Waals surface area contributed by atoms with Crippen LogP contribution in [0.5, 0.6) is 0 Å². The number of esters is 1. The Morgan fingerprint density at radius 1 is 1.17 bits per heavy atom. The predicted octanol–water partition coefficient (Wildman–Crippen LogP) is 4.89. The van der Waals surface area contributed by atoms with Gasteiger partial charge in [-0.1, -0.05) is 43.8 Å². The van der Waals surface area contributed by atoms with Crippen LogP contribution in [0, 0.1) is 0 Å². The van der Waals surface area contributed by atoms with Gasteiger partial charge in [-0.15, -0.1) is 10.2 Å². The van der Waals surface area contributed by atoms with Crippen molar-refractivity contribution < 1.29 is 9.53 Å². The first-order valence-corrected chi connectivity index (χ1v) is 10.8. The molecule has 0 aliphatic heterocycles. The van der Waals surface area contributed by atoms with E-state index in [0.717, 1.165) is 34.4 Å². The summed E-state index contributed by atoms with van der Waals surface area (Å²) in [7, 11) is 0. The Morgan fingerprint density at radius 2 is 2.00 bits per heavy atom. The molecule has 0 fully saturated rings. The van der Waals surface area contributed by atoms with Crippen LogP contribution < -0.4 is 0 Å². The van der Waals surface area contributed by atoms with E-state index in [9.17, 15) is 4.79 Å². The van der Waals surface area contributed by atoms with E-state index in [1.807, 2.05) is 25.1 Å². The topological polar surface area (TPSA) is 69.9 Å². The van der Waals surface area contributed by atoms with E-state index in [4.69, 9.17) is 4.74 Å². The second kappa shape index (κ2) is 10.2. The summed E-state index contributed by atoms with van der Waals surface area (Å²) in [4.78, 5) is 15.8. The summed E-state index contributed by atoms with van der Waals surface area (Å²) in [5.41, 5.74) is 3.21. The van der Waals surface area contributed by atoms with Crippen LogP contribution in [0.25, 0.3) is 17.1 Å². The number of nitrogens with zero attached hydrogens (tertiary/aromatic N) is 4. The Hall–Kier alpha value is -2.67. The second-order valence-corrected chi connectivity index (χ2v) is 7.92. The SMILES string of the molecule is CCOC(=O)CCCSc1nnc(-c2cccnc2)n1-c1ccccc1C(C)C. The van der Waals surface area contributed by atoms with Gasteiger partial charge in [0.05, 0.1) is 12.3 Å². The number of para-hydroxylation sites is 1. The van der Waals surface area contributed by atoms with Gasteiger partial charge in [-0.25, -0.2) is 0 Å². The molecule has 0 radical (unpaired) electrons. The van der Waals surface area contributed by atoms with Gasteiger partial charge in [0.1, 0.15) is 0 Å². The van der Waals surface area contributed by atoms with Gasteiger partial charge in [0.25, 0.3) is 0 Å². The van der Waals surface area contributed by atoms with Crippen LogP contribution >= 0.6 is 11.8 Å². The molecule has 0 N–H and O–H groups in total. The monoisotopic (exact) mass is 410 g/mol. The summed E-state index contributed by atoms with van der Waals surface area (Å²) in [6.07, 6.45) is 4.68. The Morgan fingerprint density at radius 3 is 2.72 bits per heavy atom. The number of carbonyl (C=O) groups excluding carboxylic acids is 1. The molecule has 0 atom stereocenters. The zero-order valence-corrected chi connectivity index (χ0v) is 17.9. The Balaban J connectivity index is 1.92. The average molecular weight is 411 g/mol. The number of benzene rings is 1. The summed E-state index contributed by atoms with van der Waals surface area (Å²) in [5.74, 6) is 1.72. The number of aromatic nitrogens is 4. The fourth-order valence-corrected chi connectivity index (χ4v) is 3.94. The molecule has 2 aromatic heterocycles. The molecule has 0 aliphatic carbocycles. The average Bonchev–Trinajstić information content (AvgIpc) is 3.15. The summed E-state index contributed by atoms with van der Waals surface area (Å²) in [6, 6.07) is 12.2. The number of thioether (sulfide) groups is 1. The highest BCUT2D eigenvalue weighted by atomic mass is 32.2. The number of hydrogen-bond donors (Lipinski definition) is 0. The maximum Gasteiger partial charge on any atom is 0.305 e. The van der Waals surface area contributed by atoms with Crippen molar-refractivity contribution in [1.82, 2.24) is 19.7 Å². The molecule has 6 nitrogen and oxygen atoms in total. The number of carbonyl (C=O) groups is 1. The Kier molecular flexibility index (Phi) is 7.41. The minimum absolute atomic E-state index is 0.157. The van der Waals surface area contributed by atoms with E-state index in [1.54, 1.807) is 24.2 Å². The fraction of sp³-hybridized carbons (Fsp3) is 0.364. The molecule has 7 heteroatoms. The lowest BCUT2D eigenvalue weighted by Crippen LogP contribution is -2.06. The second-order valence-electron chi connectivity index (χ2n) is 6.85. The molecule has 1 aromatic carbocycles. The van der Waals surface area contributed by atoms with Crippen molar-refractivity contribution >= 4 is 17.7 Å². The number of hydrogen-bond acceptors (Lipinski definition) is 6. The molecule has 0 unspecified atom stereocenters. The highest BCUT2D eigenvalue weighted by Gasteiger charge is 2.19. The van der Waals surface area contributed by atoms with Crippen LogP contribution in [0.4, 0.5) is 0 Å². The molecule has 3 aromatic rings. The first-order valence-electron chi connectivity index (χ1n) is 9.85. The maximum absolute atomic E-state index is 11.6. The van der Waals surface area contributed by atoms with E-state index in [2.05, 4.69) is 51.8 Å². The van der Waals surface area contributed by atoms with Crippen LogP contribution in [0.15, 0.2) is 53.9 Å². The van der Waals surface area contributed by atoms with Crippen LogP contribution in [0.2, 0.25) is 0 Å². The van der Waals surface area contributed by atoms with Gasteiger partial charge < -0.3 is 4.74 Å². The number of pyridine rings is 1. The number of rotatable bonds is 9. The van der Waals surface area contributed by atoms with Gasteiger partial charge in [-0.2, -0.15) is 0 Å². The lowest BCUT2D eigenvalue weighted by molar-refractivity contribution is -0.143. The molecule has 3 rings (SSSR count). The van der Waals surface area contributed by atoms with Gasteiger partial charge in [0.2, 0.25) is 0 Å². The summed E-state index contributed by atoms with van der Waals surface area (Å²) in [5, 5.41) is 9.73.